The second-order valence-corrected chi connectivity index (χ2v) is 5.40. The molecule has 0 bridgehead atoms. The van der Waals surface area contributed by atoms with E-state index in [1.807, 2.05) is 0 Å². The van der Waals surface area contributed by atoms with Gasteiger partial charge in [0.15, 0.2) is 0 Å². The molecule has 1 aromatic rings. The quantitative estimate of drug-likeness (QED) is 0.737. The van der Waals surface area contributed by atoms with Crippen LogP contribution in [0.5, 0.6) is 5.75 Å². The van der Waals surface area contributed by atoms with E-state index >= 15 is 0 Å². The van der Waals surface area contributed by atoms with Crippen LogP contribution in [0.15, 0.2) is 23.1 Å². The smallest absolute Gasteiger partial charge is 0.264 e. The van der Waals surface area contributed by atoms with Crippen LogP contribution in [0.3, 0.4) is 0 Å². The van der Waals surface area contributed by atoms with Crippen molar-refractivity contribution in [1.82, 2.24) is 4.47 Å². The average molecular weight is 243 g/mol. The summed E-state index contributed by atoms with van der Waals surface area (Å²) in [6.45, 7) is 0.610. The number of nitrogens with zero attached hydrogens (tertiary/aromatic N) is 1. The summed E-state index contributed by atoms with van der Waals surface area (Å²) in [7, 11) is -0.881. The highest BCUT2D eigenvalue weighted by Gasteiger charge is 2.23. The largest absolute Gasteiger partial charge is 0.493 e. The van der Waals surface area contributed by atoms with Gasteiger partial charge >= 0.3 is 0 Å². The second-order valence-electron chi connectivity index (χ2n) is 3.47. The number of benzene rings is 1. The standard InChI is InChI=1S/C10H13NO4S/c1-11(14-2)16(12,13)9-3-4-10-8(7-9)5-6-15-10/h3-4,7H,5-6H2,1-2H3. The Morgan fingerprint density at radius 1 is 1.44 bits per heavy atom. The fourth-order valence-electron chi connectivity index (χ4n) is 1.57. The highest BCUT2D eigenvalue weighted by molar-refractivity contribution is 7.89. The summed E-state index contributed by atoms with van der Waals surface area (Å²) >= 11 is 0. The van der Waals surface area contributed by atoms with Crippen LogP contribution in [0.4, 0.5) is 0 Å². The number of ether oxygens (including phenoxy) is 1. The van der Waals surface area contributed by atoms with Crippen molar-refractivity contribution >= 4 is 10.0 Å². The van der Waals surface area contributed by atoms with Gasteiger partial charge in [0.05, 0.1) is 18.6 Å². The van der Waals surface area contributed by atoms with Crippen LogP contribution in [0.1, 0.15) is 5.56 Å². The summed E-state index contributed by atoms with van der Waals surface area (Å²) in [5.41, 5.74) is 0.922. The number of fused-ring (bicyclic) bond motifs is 1. The molecular formula is C10H13NO4S. The van der Waals surface area contributed by atoms with Crippen molar-refractivity contribution in [3.8, 4) is 5.75 Å². The van der Waals surface area contributed by atoms with Crippen LogP contribution in [0.2, 0.25) is 0 Å². The third-order valence-corrected chi connectivity index (χ3v) is 4.23. The van der Waals surface area contributed by atoms with E-state index in [-0.39, 0.29) is 4.90 Å². The SMILES string of the molecule is CON(C)S(=O)(=O)c1ccc2c(c1)CCO2. The lowest BCUT2D eigenvalue weighted by Gasteiger charge is -2.14. The maximum atomic E-state index is 11.9. The summed E-state index contributed by atoms with van der Waals surface area (Å²) in [4.78, 5) is 4.93. The predicted molar refractivity (Wildman–Crippen MR) is 57.6 cm³/mol. The molecule has 1 aliphatic rings. The first-order valence-electron chi connectivity index (χ1n) is 4.84. The minimum atomic E-state index is -3.56. The monoisotopic (exact) mass is 243 g/mol. The Bertz CT molecular complexity index is 498. The maximum absolute atomic E-state index is 11.9. The first-order valence-corrected chi connectivity index (χ1v) is 6.28. The van der Waals surface area contributed by atoms with Crippen molar-refractivity contribution in [3.05, 3.63) is 23.8 Å². The molecule has 88 valence electrons. The molecule has 16 heavy (non-hydrogen) atoms. The van der Waals surface area contributed by atoms with Crippen molar-refractivity contribution in [2.45, 2.75) is 11.3 Å². The van der Waals surface area contributed by atoms with Gasteiger partial charge in [-0.25, -0.2) is 8.42 Å². The molecule has 1 aromatic carbocycles. The molecule has 0 N–H and O–H groups in total. The minimum Gasteiger partial charge on any atom is -0.493 e. The lowest BCUT2D eigenvalue weighted by Crippen LogP contribution is -2.25. The first kappa shape index (κ1) is 11.4. The topological polar surface area (TPSA) is 55.8 Å². The van der Waals surface area contributed by atoms with Gasteiger partial charge in [0.2, 0.25) is 0 Å². The normalized spacial score (nSPS) is 14.9. The summed E-state index contributed by atoms with van der Waals surface area (Å²) in [5.74, 6) is 0.763. The molecule has 2 rings (SSSR count). The molecule has 0 saturated carbocycles. The zero-order chi connectivity index (χ0) is 11.8. The molecule has 0 amide bonds. The molecule has 0 aromatic heterocycles. The van der Waals surface area contributed by atoms with Gasteiger partial charge in [-0.3, -0.25) is 4.84 Å². The van der Waals surface area contributed by atoms with Crippen molar-refractivity contribution in [3.63, 3.8) is 0 Å². The van der Waals surface area contributed by atoms with Crippen molar-refractivity contribution in [1.29, 1.82) is 0 Å². The van der Waals surface area contributed by atoms with Crippen molar-refractivity contribution in [2.75, 3.05) is 20.8 Å². The molecule has 0 spiro atoms. The van der Waals surface area contributed by atoms with Gasteiger partial charge in [-0.05, 0) is 23.8 Å². The summed E-state index contributed by atoms with van der Waals surface area (Å²) in [5, 5.41) is 0. The first-order chi connectivity index (χ1) is 7.55. The average Bonchev–Trinajstić information content (AvgIpc) is 2.74. The third-order valence-electron chi connectivity index (χ3n) is 2.55. The zero-order valence-corrected chi connectivity index (χ0v) is 9.95. The fourth-order valence-corrected chi connectivity index (χ4v) is 2.59. The van der Waals surface area contributed by atoms with E-state index in [2.05, 4.69) is 0 Å². The van der Waals surface area contributed by atoms with Crippen molar-refractivity contribution in [2.24, 2.45) is 0 Å². The fraction of sp³-hybridized carbons (Fsp3) is 0.400. The van der Waals surface area contributed by atoms with E-state index in [1.165, 1.54) is 20.2 Å². The van der Waals surface area contributed by atoms with Crippen LogP contribution in [0.25, 0.3) is 0 Å². The highest BCUT2D eigenvalue weighted by Crippen LogP contribution is 2.28. The molecule has 0 unspecified atom stereocenters. The molecule has 6 heteroatoms. The molecular weight excluding hydrogens is 230 g/mol. The second kappa shape index (κ2) is 4.04. The summed E-state index contributed by atoms with van der Waals surface area (Å²) in [6, 6.07) is 4.83. The zero-order valence-electron chi connectivity index (χ0n) is 9.13. The molecule has 0 aliphatic carbocycles. The molecule has 0 saturated heterocycles. The van der Waals surface area contributed by atoms with Crippen LogP contribution in [0, 0.1) is 0 Å². The minimum absolute atomic E-state index is 0.223. The van der Waals surface area contributed by atoms with E-state index in [0.717, 1.165) is 22.2 Å². The Morgan fingerprint density at radius 3 is 2.88 bits per heavy atom. The number of hydroxylamine groups is 1. The van der Waals surface area contributed by atoms with E-state index in [4.69, 9.17) is 9.57 Å². The summed E-state index contributed by atoms with van der Waals surface area (Å²) in [6.07, 6.45) is 0.745. The van der Waals surface area contributed by atoms with Gasteiger partial charge in [0.1, 0.15) is 5.75 Å². The molecule has 1 aliphatic heterocycles. The Kier molecular flexibility index (Phi) is 2.88. The molecule has 1 heterocycles. The molecule has 0 fully saturated rings. The van der Waals surface area contributed by atoms with E-state index in [1.54, 1.807) is 12.1 Å². The Labute approximate surface area is 94.6 Å². The van der Waals surface area contributed by atoms with Gasteiger partial charge in [0.25, 0.3) is 10.0 Å². The van der Waals surface area contributed by atoms with Crippen LogP contribution >= 0.6 is 0 Å². The number of hydrogen-bond donors (Lipinski definition) is 0. The number of sulfonamides is 1. The van der Waals surface area contributed by atoms with Crippen molar-refractivity contribution < 1.29 is 18.0 Å². The number of hydrogen-bond acceptors (Lipinski definition) is 4. The van der Waals surface area contributed by atoms with E-state index in [9.17, 15) is 8.42 Å². The Balaban J connectivity index is 2.42. The van der Waals surface area contributed by atoms with Gasteiger partial charge in [0, 0.05) is 13.5 Å². The predicted octanol–water partition coefficient (Wildman–Crippen LogP) is 0.803. The van der Waals surface area contributed by atoms with Crippen LogP contribution in [-0.4, -0.2) is 33.7 Å². The Morgan fingerprint density at radius 2 is 2.19 bits per heavy atom. The van der Waals surface area contributed by atoms with Crippen LogP contribution in [-0.2, 0) is 21.3 Å². The molecule has 0 atom stereocenters. The van der Waals surface area contributed by atoms with E-state index < -0.39 is 10.0 Å². The third kappa shape index (κ3) is 1.79. The van der Waals surface area contributed by atoms with Gasteiger partial charge in [-0.15, -0.1) is 0 Å². The lowest BCUT2D eigenvalue weighted by atomic mass is 10.2. The maximum Gasteiger partial charge on any atom is 0.264 e. The highest BCUT2D eigenvalue weighted by atomic mass is 32.2. The molecule has 5 nitrogen and oxygen atoms in total. The van der Waals surface area contributed by atoms with Gasteiger partial charge in [-0.2, -0.15) is 0 Å². The lowest BCUT2D eigenvalue weighted by molar-refractivity contribution is -0.0258. The van der Waals surface area contributed by atoms with E-state index in [0.29, 0.717) is 6.61 Å². The molecule has 0 radical (unpaired) electrons. The summed E-state index contributed by atoms with van der Waals surface area (Å²) < 4.78 is 30.0. The Hall–Kier alpha value is -1.11. The van der Waals surface area contributed by atoms with Gasteiger partial charge in [-0.1, -0.05) is 4.47 Å². The van der Waals surface area contributed by atoms with Crippen LogP contribution < -0.4 is 4.74 Å². The van der Waals surface area contributed by atoms with Gasteiger partial charge < -0.3 is 4.74 Å². The number of rotatable bonds is 3.